The van der Waals surface area contributed by atoms with Gasteiger partial charge in [0, 0.05) is 52.1 Å². The topological polar surface area (TPSA) is 90.3 Å². The Bertz CT molecular complexity index is 1320. The fourth-order valence-corrected chi connectivity index (χ4v) is 8.41. The Morgan fingerprint density at radius 2 is 2.22 bits per heavy atom. The molecule has 36 heavy (non-hydrogen) atoms. The number of hydrogen-bond donors (Lipinski definition) is 2. The summed E-state index contributed by atoms with van der Waals surface area (Å²) in [6.07, 6.45) is 5.88. The summed E-state index contributed by atoms with van der Waals surface area (Å²) in [6.45, 7) is 4.91. The quantitative estimate of drug-likeness (QED) is 0.420. The predicted octanol–water partition coefficient (Wildman–Crippen LogP) is 3.74. The summed E-state index contributed by atoms with van der Waals surface area (Å²) in [5.41, 5.74) is -1.17. The molecule has 3 heterocycles. The summed E-state index contributed by atoms with van der Waals surface area (Å²) in [4.78, 5) is 31.6. The summed E-state index contributed by atoms with van der Waals surface area (Å²) in [7, 11) is 1.76. The number of piperidine rings is 1. The number of ether oxygens (including phenoxy) is 1. The molecule has 9 heteroatoms. The number of hydrogen-bond acceptors (Lipinski definition) is 7. The first-order valence-corrected chi connectivity index (χ1v) is 13.7. The first kappa shape index (κ1) is 23.9. The molecule has 2 aliphatic carbocycles. The second-order valence-electron chi connectivity index (χ2n) is 10.1. The van der Waals surface area contributed by atoms with E-state index in [-0.39, 0.29) is 29.2 Å². The van der Waals surface area contributed by atoms with E-state index in [2.05, 4.69) is 22.5 Å². The number of aliphatic hydroxyl groups is 1. The molecule has 2 aromatic rings. The average molecular weight is 571 g/mol. The number of halogens is 1. The number of phenols is 1. The number of benzene rings is 1. The molecule has 1 amide bonds. The van der Waals surface area contributed by atoms with Crippen molar-refractivity contribution in [3.05, 3.63) is 62.8 Å². The van der Waals surface area contributed by atoms with E-state index >= 15 is 0 Å². The number of amides is 1. The molecular weight excluding hydrogens is 544 g/mol. The number of nitrogens with zero attached hydrogens (tertiary/aromatic N) is 2. The van der Waals surface area contributed by atoms with Gasteiger partial charge >= 0.3 is 0 Å². The molecule has 5 atom stereocenters. The second kappa shape index (κ2) is 8.28. The SMILES string of the molecule is C=CCN1CC[C@]23c4c5ccc(O)c4O[C@H]2[C@@H](N(C)C(=O)/C=C/c2cc(Br)cs2)CC[C@@]3(O)[C@H]1C5=O. The molecule has 0 unspecified atom stereocenters. The van der Waals surface area contributed by atoms with E-state index in [9.17, 15) is 19.8 Å². The Morgan fingerprint density at radius 3 is 2.94 bits per heavy atom. The van der Waals surface area contributed by atoms with Gasteiger partial charge < -0.3 is 19.8 Å². The summed E-state index contributed by atoms with van der Waals surface area (Å²) in [5, 5.41) is 25.1. The van der Waals surface area contributed by atoms with Gasteiger partial charge in [-0.3, -0.25) is 14.5 Å². The zero-order chi connectivity index (χ0) is 25.4. The second-order valence-corrected chi connectivity index (χ2v) is 12.0. The third-order valence-electron chi connectivity index (χ3n) is 8.57. The number of rotatable bonds is 5. The summed E-state index contributed by atoms with van der Waals surface area (Å²) < 4.78 is 7.41. The van der Waals surface area contributed by atoms with E-state index < -0.39 is 23.2 Å². The molecule has 2 N–H and O–H groups in total. The molecule has 4 aliphatic rings. The van der Waals surface area contributed by atoms with Crippen LogP contribution in [-0.4, -0.2) is 75.6 Å². The molecule has 1 spiro atoms. The number of thiophene rings is 1. The zero-order valence-electron chi connectivity index (χ0n) is 19.8. The maximum atomic E-state index is 13.7. The van der Waals surface area contributed by atoms with Crippen LogP contribution in [0.1, 0.15) is 40.1 Å². The molecular formula is C27H27BrN2O5S. The van der Waals surface area contributed by atoms with Gasteiger partial charge in [-0.1, -0.05) is 6.08 Å². The van der Waals surface area contributed by atoms with E-state index in [1.165, 1.54) is 17.4 Å². The van der Waals surface area contributed by atoms with Crippen LogP contribution in [-0.2, 0) is 10.2 Å². The minimum Gasteiger partial charge on any atom is -0.504 e. The van der Waals surface area contributed by atoms with Crippen molar-refractivity contribution in [2.45, 2.75) is 48.5 Å². The molecule has 188 valence electrons. The molecule has 2 bridgehead atoms. The van der Waals surface area contributed by atoms with Crippen molar-refractivity contribution in [1.82, 2.24) is 9.80 Å². The Balaban J connectivity index is 1.42. The first-order valence-electron chi connectivity index (χ1n) is 12.1. The van der Waals surface area contributed by atoms with Gasteiger partial charge in [-0.2, -0.15) is 0 Å². The monoisotopic (exact) mass is 570 g/mol. The summed E-state index contributed by atoms with van der Waals surface area (Å²) in [6, 6.07) is 4.03. The van der Waals surface area contributed by atoms with Crippen LogP contribution in [0.2, 0.25) is 0 Å². The lowest BCUT2D eigenvalue weighted by molar-refractivity contribution is -0.186. The van der Waals surface area contributed by atoms with Crippen molar-refractivity contribution in [3.63, 3.8) is 0 Å². The Kier molecular flexibility index (Phi) is 5.50. The third kappa shape index (κ3) is 3.03. The molecule has 1 saturated heterocycles. The van der Waals surface area contributed by atoms with E-state index in [0.717, 1.165) is 9.35 Å². The van der Waals surface area contributed by atoms with Crippen LogP contribution in [0.5, 0.6) is 11.5 Å². The molecule has 6 rings (SSSR count). The number of carbonyl (C=O) groups excluding carboxylic acids is 2. The standard InChI is InChI=1S/C27H27BrN2O5S/c1-3-11-30-12-10-26-21-17-5-6-19(31)23(21)35-25(26)18(8-9-27(26,34)24(30)22(17)33)29(2)20(32)7-4-16-13-15(28)14-36-16/h3-7,13-14,18,24-25,31,34H,1,8-12H2,2H3/b7-4+/t18-,24+,25-,26-,27+/m0/s1. The number of Topliss-reactive ketones (excluding diaryl/α,β-unsaturated/α-hetero) is 1. The van der Waals surface area contributed by atoms with Crippen LogP contribution in [0.25, 0.3) is 6.08 Å². The van der Waals surface area contributed by atoms with Crippen molar-refractivity contribution < 1.29 is 24.5 Å². The van der Waals surface area contributed by atoms with Gasteiger partial charge in [-0.25, -0.2) is 0 Å². The Hall–Kier alpha value is -2.46. The smallest absolute Gasteiger partial charge is 0.246 e. The van der Waals surface area contributed by atoms with Gasteiger partial charge in [0.15, 0.2) is 17.3 Å². The van der Waals surface area contributed by atoms with Crippen molar-refractivity contribution in [3.8, 4) is 11.5 Å². The Morgan fingerprint density at radius 1 is 1.42 bits per heavy atom. The highest BCUT2D eigenvalue weighted by atomic mass is 79.9. The maximum Gasteiger partial charge on any atom is 0.246 e. The minimum atomic E-state index is -1.37. The lowest BCUT2D eigenvalue weighted by atomic mass is 9.48. The van der Waals surface area contributed by atoms with E-state index in [4.69, 9.17) is 4.74 Å². The molecule has 2 fully saturated rings. The predicted molar refractivity (Wildman–Crippen MR) is 141 cm³/mol. The molecule has 1 saturated carbocycles. The van der Waals surface area contributed by atoms with Crippen molar-refractivity contribution in [2.24, 2.45) is 0 Å². The minimum absolute atomic E-state index is 0.0458. The highest BCUT2D eigenvalue weighted by Crippen LogP contribution is 2.65. The highest BCUT2D eigenvalue weighted by Gasteiger charge is 2.75. The van der Waals surface area contributed by atoms with E-state index in [0.29, 0.717) is 43.5 Å². The maximum absolute atomic E-state index is 13.7. The van der Waals surface area contributed by atoms with Crippen LogP contribution in [0.15, 0.2) is 46.8 Å². The number of ketones is 1. The van der Waals surface area contributed by atoms with Gasteiger partial charge in [0.2, 0.25) is 5.91 Å². The molecule has 7 nitrogen and oxygen atoms in total. The van der Waals surface area contributed by atoms with Crippen molar-refractivity contribution in [2.75, 3.05) is 20.1 Å². The molecule has 1 aromatic heterocycles. The van der Waals surface area contributed by atoms with Crippen molar-refractivity contribution in [1.29, 1.82) is 0 Å². The van der Waals surface area contributed by atoms with Crippen LogP contribution >= 0.6 is 27.3 Å². The number of carbonyl (C=O) groups is 2. The van der Waals surface area contributed by atoms with Crippen LogP contribution in [0.4, 0.5) is 0 Å². The lowest BCUT2D eigenvalue weighted by Gasteiger charge is -2.63. The van der Waals surface area contributed by atoms with Gasteiger partial charge in [0.25, 0.3) is 0 Å². The molecule has 1 aromatic carbocycles. The van der Waals surface area contributed by atoms with Crippen LogP contribution in [0, 0.1) is 0 Å². The zero-order valence-corrected chi connectivity index (χ0v) is 22.2. The van der Waals surface area contributed by atoms with E-state index in [1.807, 2.05) is 16.3 Å². The summed E-state index contributed by atoms with van der Waals surface area (Å²) >= 11 is 4.97. The Labute approximate surface area is 221 Å². The number of aromatic hydroxyl groups is 1. The molecule has 2 aliphatic heterocycles. The van der Waals surface area contributed by atoms with Crippen LogP contribution in [0.3, 0.4) is 0 Å². The van der Waals surface area contributed by atoms with Gasteiger partial charge in [0.05, 0.1) is 11.5 Å². The normalized spacial score (nSPS) is 32.3. The fourth-order valence-electron chi connectivity index (χ4n) is 7.08. The average Bonchev–Trinajstić information content (AvgIpc) is 3.43. The van der Waals surface area contributed by atoms with Gasteiger partial charge in [-0.15, -0.1) is 17.9 Å². The summed E-state index contributed by atoms with van der Waals surface area (Å²) in [5.74, 6) is -0.0897. The van der Waals surface area contributed by atoms with Crippen molar-refractivity contribution >= 4 is 45.0 Å². The number of likely N-dealkylation sites (tertiary alicyclic amines) is 1. The highest BCUT2D eigenvalue weighted by molar-refractivity contribution is 9.10. The number of phenolic OH excluding ortho intramolecular Hbond substituents is 1. The largest absolute Gasteiger partial charge is 0.504 e. The number of likely N-dealkylation sites (N-methyl/N-ethyl adjacent to an activating group) is 1. The lowest BCUT2D eigenvalue weighted by Crippen LogP contribution is -2.79. The first-order chi connectivity index (χ1) is 17.2. The third-order valence-corrected chi connectivity index (χ3v) is 10.2. The molecule has 0 radical (unpaired) electrons. The van der Waals surface area contributed by atoms with Crippen LogP contribution < -0.4 is 4.74 Å². The van der Waals surface area contributed by atoms with Gasteiger partial charge in [0.1, 0.15) is 17.7 Å². The van der Waals surface area contributed by atoms with Gasteiger partial charge in [-0.05, 0) is 59.5 Å². The van der Waals surface area contributed by atoms with E-state index in [1.54, 1.807) is 36.2 Å². The fraction of sp³-hybridized carbons (Fsp3) is 0.407.